The fourth-order valence-electron chi connectivity index (χ4n) is 2.28. The Kier molecular flexibility index (Phi) is 7.04. The van der Waals surface area contributed by atoms with E-state index in [0.717, 1.165) is 36.9 Å². The van der Waals surface area contributed by atoms with Gasteiger partial charge in [-0.15, -0.1) is 0 Å². The number of allylic oxidation sites excluding steroid dienone is 1. The lowest BCUT2D eigenvalue weighted by Gasteiger charge is -2.18. The van der Waals surface area contributed by atoms with Crippen molar-refractivity contribution in [3.63, 3.8) is 0 Å². The van der Waals surface area contributed by atoms with Crippen molar-refractivity contribution in [3.8, 4) is 0 Å². The van der Waals surface area contributed by atoms with E-state index in [0.29, 0.717) is 18.9 Å². The molecule has 1 rings (SSSR count). The SMILES string of the molecule is C=CC(=O)CCC(CCCC)c1ncccc1CN. The Morgan fingerprint density at radius 3 is 2.95 bits per heavy atom. The van der Waals surface area contributed by atoms with Gasteiger partial charge in [-0.1, -0.05) is 32.4 Å². The Bertz CT molecular complexity index is 415. The molecule has 0 saturated heterocycles. The summed E-state index contributed by atoms with van der Waals surface area (Å²) >= 11 is 0. The van der Waals surface area contributed by atoms with Gasteiger partial charge in [0.05, 0.1) is 0 Å². The number of unbranched alkanes of at least 4 members (excludes halogenated alkanes) is 1. The molecule has 0 amide bonds. The van der Waals surface area contributed by atoms with Crippen molar-refractivity contribution in [3.05, 3.63) is 42.2 Å². The monoisotopic (exact) mass is 260 g/mol. The van der Waals surface area contributed by atoms with Crippen LogP contribution in [0.2, 0.25) is 0 Å². The second kappa shape index (κ2) is 8.59. The number of hydrogen-bond donors (Lipinski definition) is 1. The van der Waals surface area contributed by atoms with E-state index in [4.69, 9.17) is 5.73 Å². The molecule has 0 aliphatic carbocycles. The number of ketones is 1. The quantitative estimate of drug-likeness (QED) is 0.693. The Morgan fingerprint density at radius 2 is 2.32 bits per heavy atom. The third-order valence-electron chi connectivity index (χ3n) is 3.41. The van der Waals surface area contributed by atoms with Crippen LogP contribution in [0.15, 0.2) is 31.0 Å². The Morgan fingerprint density at radius 1 is 1.53 bits per heavy atom. The lowest BCUT2D eigenvalue weighted by atomic mass is 9.89. The standard InChI is InChI=1S/C16H24N2O/c1-3-5-7-13(9-10-15(19)4-2)16-14(12-17)8-6-11-18-16/h4,6,8,11,13H,2-3,5,7,9-10,12,17H2,1H3. The largest absolute Gasteiger partial charge is 0.326 e. The number of rotatable bonds is 9. The van der Waals surface area contributed by atoms with Gasteiger partial charge in [0, 0.05) is 30.8 Å². The van der Waals surface area contributed by atoms with E-state index in [1.54, 1.807) is 0 Å². The zero-order valence-electron chi connectivity index (χ0n) is 11.8. The van der Waals surface area contributed by atoms with Crippen LogP contribution in [0, 0.1) is 0 Å². The number of aromatic nitrogens is 1. The lowest BCUT2D eigenvalue weighted by molar-refractivity contribution is -0.114. The van der Waals surface area contributed by atoms with E-state index in [1.807, 2.05) is 18.3 Å². The van der Waals surface area contributed by atoms with Crippen LogP contribution >= 0.6 is 0 Å². The summed E-state index contributed by atoms with van der Waals surface area (Å²) in [5, 5.41) is 0. The molecule has 1 heterocycles. The second-order valence-corrected chi connectivity index (χ2v) is 4.80. The normalized spacial score (nSPS) is 12.1. The van der Waals surface area contributed by atoms with Gasteiger partial charge < -0.3 is 5.73 Å². The van der Waals surface area contributed by atoms with E-state index in [2.05, 4.69) is 18.5 Å². The summed E-state index contributed by atoms with van der Waals surface area (Å²) in [7, 11) is 0. The number of pyridine rings is 1. The summed E-state index contributed by atoms with van der Waals surface area (Å²) < 4.78 is 0. The van der Waals surface area contributed by atoms with Crippen molar-refractivity contribution < 1.29 is 4.79 Å². The maximum absolute atomic E-state index is 11.4. The van der Waals surface area contributed by atoms with Crippen molar-refractivity contribution in [2.45, 2.75) is 51.5 Å². The summed E-state index contributed by atoms with van der Waals surface area (Å²) in [6.45, 7) is 6.20. The summed E-state index contributed by atoms with van der Waals surface area (Å²) in [5.41, 5.74) is 7.93. The third-order valence-corrected chi connectivity index (χ3v) is 3.41. The maximum Gasteiger partial charge on any atom is 0.155 e. The molecule has 0 aliphatic heterocycles. The Hall–Kier alpha value is -1.48. The van der Waals surface area contributed by atoms with Gasteiger partial charge in [0.15, 0.2) is 5.78 Å². The molecule has 104 valence electrons. The minimum absolute atomic E-state index is 0.103. The topological polar surface area (TPSA) is 56.0 Å². The summed E-state index contributed by atoms with van der Waals surface area (Å²) in [6.07, 6.45) is 7.93. The highest BCUT2D eigenvalue weighted by Crippen LogP contribution is 2.28. The van der Waals surface area contributed by atoms with Gasteiger partial charge in [-0.2, -0.15) is 0 Å². The predicted octanol–water partition coefficient (Wildman–Crippen LogP) is 3.35. The third kappa shape index (κ3) is 4.95. The van der Waals surface area contributed by atoms with Crippen molar-refractivity contribution in [2.75, 3.05) is 0 Å². The van der Waals surface area contributed by atoms with Crippen LogP contribution in [0.4, 0.5) is 0 Å². The highest BCUT2D eigenvalue weighted by molar-refractivity contribution is 5.88. The van der Waals surface area contributed by atoms with Crippen molar-refractivity contribution in [2.24, 2.45) is 5.73 Å². The number of nitrogens with two attached hydrogens (primary N) is 1. The molecule has 2 N–H and O–H groups in total. The molecule has 1 aromatic rings. The minimum Gasteiger partial charge on any atom is -0.326 e. The van der Waals surface area contributed by atoms with Crippen LogP contribution in [-0.2, 0) is 11.3 Å². The minimum atomic E-state index is 0.103. The molecule has 0 aromatic carbocycles. The maximum atomic E-state index is 11.4. The van der Waals surface area contributed by atoms with Gasteiger partial charge in [0.2, 0.25) is 0 Å². The van der Waals surface area contributed by atoms with Crippen molar-refractivity contribution >= 4 is 5.78 Å². The highest BCUT2D eigenvalue weighted by atomic mass is 16.1. The fourth-order valence-corrected chi connectivity index (χ4v) is 2.28. The molecule has 1 aromatic heterocycles. The van der Waals surface area contributed by atoms with Gasteiger partial charge in [-0.25, -0.2) is 0 Å². The Balaban J connectivity index is 2.82. The van der Waals surface area contributed by atoms with Crippen LogP contribution in [0.5, 0.6) is 0 Å². The van der Waals surface area contributed by atoms with E-state index in [-0.39, 0.29) is 5.78 Å². The smallest absolute Gasteiger partial charge is 0.155 e. The van der Waals surface area contributed by atoms with Gasteiger partial charge in [-0.05, 0) is 30.5 Å². The number of nitrogens with zero attached hydrogens (tertiary/aromatic N) is 1. The first kappa shape index (κ1) is 15.6. The average Bonchev–Trinajstić information content (AvgIpc) is 2.47. The van der Waals surface area contributed by atoms with Crippen LogP contribution in [0.1, 0.15) is 56.2 Å². The fraction of sp³-hybridized carbons (Fsp3) is 0.500. The first-order valence-electron chi connectivity index (χ1n) is 7.02. The molecule has 1 unspecified atom stereocenters. The van der Waals surface area contributed by atoms with Gasteiger partial charge in [0.1, 0.15) is 0 Å². The molecule has 1 atom stereocenters. The number of hydrogen-bond acceptors (Lipinski definition) is 3. The van der Waals surface area contributed by atoms with E-state index >= 15 is 0 Å². The van der Waals surface area contributed by atoms with E-state index < -0.39 is 0 Å². The Labute approximate surface area is 115 Å². The van der Waals surface area contributed by atoms with E-state index in [1.165, 1.54) is 6.08 Å². The molecular weight excluding hydrogens is 236 g/mol. The molecule has 0 saturated carbocycles. The molecule has 0 spiro atoms. The zero-order valence-corrected chi connectivity index (χ0v) is 11.8. The van der Waals surface area contributed by atoms with E-state index in [9.17, 15) is 4.79 Å². The molecular formula is C16H24N2O. The van der Waals surface area contributed by atoms with Gasteiger partial charge in [-0.3, -0.25) is 9.78 Å². The molecule has 3 nitrogen and oxygen atoms in total. The van der Waals surface area contributed by atoms with Crippen LogP contribution in [0.25, 0.3) is 0 Å². The summed E-state index contributed by atoms with van der Waals surface area (Å²) in [4.78, 5) is 15.9. The average molecular weight is 260 g/mol. The molecule has 0 bridgehead atoms. The summed E-state index contributed by atoms with van der Waals surface area (Å²) in [5.74, 6) is 0.426. The predicted molar refractivity (Wildman–Crippen MR) is 78.8 cm³/mol. The van der Waals surface area contributed by atoms with Crippen LogP contribution in [0.3, 0.4) is 0 Å². The van der Waals surface area contributed by atoms with Crippen molar-refractivity contribution in [1.29, 1.82) is 0 Å². The van der Waals surface area contributed by atoms with Crippen LogP contribution < -0.4 is 5.73 Å². The number of carbonyl (C=O) groups excluding carboxylic acids is 1. The summed E-state index contributed by atoms with van der Waals surface area (Å²) in [6, 6.07) is 3.94. The molecule has 3 heteroatoms. The molecule has 19 heavy (non-hydrogen) atoms. The molecule has 0 radical (unpaired) electrons. The zero-order chi connectivity index (χ0) is 14.1. The van der Waals surface area contributed by atoms with Crippen LogP contribution in [-0.4, -0.2) is 10.8 Å². The van der Waals surface area contributed by atoms with Crippen molar-refractivity contribution in [1.82, 2.24) is 4.98 Å². The highest BCUT2D eigenvalue weighted by Gasteiger charge is 2.16. The lowest BCUT2D eigenvalue weighted by Crippen LogP contribution is -2.10. The second-order valence-electron chi connectivity index (χ2n) is 4.80. The number of carbonyl (C=O) groups is 1. The van der Waals surface area contributed by atoms with Gasteiger partial charge in [0.25, 0.3) is 0 Å². The first-order chi connectivity index (χ1) is 9.22. The molecule has 0 fully saturated rings. The van der Waals surface area contributed by atoms with Gasteiger partial charge >= 0.3 is 0 Å². The first-order valence-corrected chi connectivity index (χ1v) is 7.02. The molecule has 0 aliphatic rings.